The summed E-state index contributed by atoms with van der Waals surface area (Å²) in [6, 6.07) is 5.62. The highest BCUT2D eigenvalue weighted by Crippen LogP contribution is 2.35. The van der Waals surface area contributed by atoms with Gasteiger partial charge < -0.3 is 19.3 Å². The second-order valence-corrected chi connectivity index (χ2v) is 6.34. The molecule has 0 aliphatic carbocycles. The standard InChI is InChI=1S/C18H20ClN3O3/c1-25-12-16(24)21-6-8-22(9-7-21)18-13(4-10-23)11-15(19)14-3-2-5-20-17(14)18/h2-3,5,10-11H,4,6-9,12H2,1H3. The number of halogens is 1. The van der Waals surface area contributed by atoms with E-state index in [1.165, 1.54) is 7.11 Å². The number of anilines is 1. The van der Waals surface area contributed by atoms with Crippen LogP contribution in [0.25, 0.3) is 10.9 Å². The number of aldehydes is 1. The number of methoxy groups -OCH3 is 1. The molecule has 1 amide bonds. The van der Waals surface area contributed by atoms with Crippen LogP contribution in [0.15, 0.2) is 24.4 Å². The van der Waals surface area contributed by atoms with E-state index in [9.17, 15) is 9.59 Å². The third-order valence-corrected chi connectivity index (χ3v) is 4.73. The predicted octanol–water partition coefficient (Wildman–Crippen LogP) is 1.92. The largest absolute Gasteiger partial charge is 0.375 e. The predicted molar refractivity (Wildman–Crippen MR) is 97.2 cm³/mol. The number of hydrogen-bond acceptors (Lipinski definition) is 5. The first-order chi connectivity index (χ1) is 12.2. The number of carbonyl (C=O) groups excluding carboxylic acids is 2. The van der Waals surface area contributed by atoms with Gasteiger partial charge in [-0.2, -0.15) is 0 Å². The number of pyridine rings is 1. The minimum absolute atomic E-state index is 0.00523. The van der Waals surface area contributed by atoms with Crippen LogP contribution in [-0.4, -0.2) is 62.0 Å². The van der Waals surface area contributed by atoms with Gasteiger partial charge in [0.05, 0.1) is 16.2 Å². The monoisotopic (exact) mass is 361 g/mol. The van der Waals surface area contributed by atoms with Gasteiger partial charge in [-0.25, -0.2) is 0 Å². The molecule has 0 radical (unpaired) electrons. The van der Waals surface area contributed by atoms with Crippen molar-refractivity contribution in [1.29, 1.82) is 0 Å². The average Bonchev–Trinajstić information content (AvgIpc) is 2.63. The first-order valence-electron chi connectivity index (χ1n) is 8.17. The van der Waals surface area contributed by atoms with Crippen molar-refractivity contribution in [2.45, 2.75) is 6.42 Å². The van der Waals surface area contributed by atoms with E-state index in [0.29, 0.717) is 31.2 Å². The Bertz CT molecular complexity index is 788. The van der Waals surface area contributed by atoms with Crippen molar-refractivity contribution in [2.75, 3.05) is 44.8 Å². The van der Waals surface area contributed by atoms with Crippen molar-refractivity contribution in [1.82, 2.24) is 9.88 Å². The molecule has 0 saturated carbocycles. The highest BCUT2D eigenvalue weighted by molar-refractivity contribution is 6.36. The molecule has 2 aromatic rings. The number of benzene rings is 1. The van der Waals surface area contributed by atoms with Gasteiger partial charge in [0, 0.05) is 51.3 Å². The van der Waals surface area contributed by atoms with Gasteiger partial charge in [-0.1, -0.05) is 11.6 Å². The van der Waals surface area contributed by atoms with Crippen molar-refractivity contribution >= 4 is 40.4 Å². The zero-order valence-corrected chi connectivity index (χ0v) is 14.8. The van der Waals surface area contributed by atoms with Crippen LogP contribution in [-0.2, 0) is 20.7 Å². The van der Waals surface area contributed by atoms with Gasteiger partial charge in [-0.15, -0.1) is 0 Å². The number of piperazine rings is 1. The van der Waals surface area contributed by atoms with Gasteiger partial charge >= 0.3 is 0 Å². The fourth-order valence-corrected chi connectivity index (χ4v) is 3.51. The molecular weight excluding hydrogens is 342 g/mol. The molecule has 0 bridgehead atoms. The molecule has 1 aliphatic rings. The quantitative estimate of drug-likeness (QED) is 0.761. The molecule has 1 aromatic heterocycles. The fourth-order valence-electron chi connectivity index (χ4n) is 3.23. The van der Waals surface area contributed by atoms with Crippen LogP contribution in [0.3, 0.4) is 0 Å². The van der Waals surface area contributed by atoms with E-state index in [-0.39, 0.29) is 18.9 Å². The number of rotatable bonds is 5. The van der Waals surface area contributed by atoms with Crippen molar-refractivity contribution in [3.05, 3.63) is 35.0 Å². The molecule has 132 valence electrons. The molecule has 1 aromatic carbocycles. The number of nitrogens with zero attached hydrogens (tertiary/aromatic N) is 3. The SMILES string of the molecule is COCC(=O)N1CCN(c2c(CC=O)cc(Cl)c3cccnc23)CC1. The Morgan fingerprint density at radius 3 is 2.80 bits per heavy atom. The highest BCUT2D eigenvalue weighted by atomic mass is 35.5. The normalized spacial score (nSPS) is 14.8. The summed E-state index contributed by atoms with van der Waals surface area (Å²) in [5.41, 5.74) is 2.59. The molecule has 6 nitrogen and oxygen atoms in total. The fraction of sp³-hybridized carbons (Fsp3) is 0.389. The Kier molecular flexibility index (Phi) is 5.50. The van der Waals surface area contributed by atoms with E-state index >= 15 is 0 Å². The molecule has 7 heteroatoms. The van der Waals surface area contributed by atoms with Gasteiger partial charge in [0.2, 0.25) is 5.91 Å². The molecule has 1 aliphatic heterocycles. The minimum Gasteiger partial charge on any atom is -0.375 e. The summed E-state index contributed by atoms with van der Waals surface area (Å²) in [6.45, 7) is 2.67. The Hall–Kier alpha value is -2.18. The smallest absolute Gasteiger partial charge is 0.248 e. The highest BCUT2D eigenvalue weighted by Gasteiger charge is 2.24. The van der Waals surface area contributed by atoms with Gasteiger partial charge in [-0.05, 0) is 23.8 Å². The summed E-state index contributed by atoms with van der Waals surface area (Å²) in [7, 11) is 1.52. The summed E-state index contributed by atoms with van der Waals surface area (Å²) in [4.78, 5) is 31.6. The van der Waals surface area contributed by atoms with Crippen LogP contribution in [0.1, 0.15) is 5.56 Å². The molecule has 1 fully saturated rings. The maximum atomic E-state index is 12.0. The molecule has 0 atom stereocenters. The summed E-state index contributed by atoms with van der Waals surface area (Å²) in [5, 5.41) is 1.46. The number of ether oxygens (including phenoxy) is 1. The van der Waals surface area contributed by atoms with Gasteiger partial charge in [0.15, 0.2) is 0 Å². The molecule has 25 heavy (non-hydrogen) atoms. The lowest BCUT2D eigenvalue weighted by atomic mass is 10.0. The summed E-state index contributed by atoms with van der Waals surface area (Å²) in [5.74, 6) is -0.00523. The van der Waals surface area contributed by atoms with E-state index in [0.717, 1.165) is 28.4 Å². The summed E-state index contributed by atoms with van der Waals surface area (Å²) < 4.78 is 4.92. The van der Waals surface area contributed by atoms with Crippen molar-refractivity contribution in [2.24, 2.45) is 0 Å². The minimum atomic E-state index is -0.00523. The van der Waals surface area contributed by atoms with Crippen LogP contribution in [0.2, 0.25) is 5.02 Å². The summed E-state index contributed by atoms with van der Waals surface area (Å²) in [6.07, 6.45) is 2.89. The number of aromatic nitrogens is 1. The van der Waals surface area contributed by atoms with E-state index in [4.69, 9.17) is 16.3 Å². The van der Waals surface area contributed by atoms with Crippen LogP contribution < -0.4 is 4.90 Å². The van der Waals surface area contributed by atoms with E-state index in [2.05, 4.69) is 9.88 Å². The molecule has 0 unspecified atom stereocenters. The van der Waals surface area contributed by atoms with E-state index < -0.39 is 0 Å². The van der Waals surface area contributed by atoms with Crippen molar-refractivity contribution in [3.63, 3.8) is 0 Å². The zero-order valence-electron chi connectivity index (χ0n) is 14.1. The van der Waals surface area contributed by atoms with Gasteiger partial charge in [0.25, 0.3) is 0 Å². The van der Waals surface area contributed by atoms with Crippen molar-refractivity contribution < 1.29 is 14.3 Å². The number of hydrogen-bond donors (Lipinski definition) is 0. The lowest BCUT2D eigenvalue weighted by molar-refractivity contribution is -0.135. The topological polar surface area (TPSA) is 62.7 Å². The van der Waals surface area contributed by atoms with E-state index in [1.54, 1.807) is 11.1 Å². The Labute approximate surface area is 151 Å². The van der Waals surface area contributed by atoms with Crippen LogP contribution in [0, 0.1) is 0 Å². The van der Waals surface area contributed by atoms with Crippen LogP contribution in [0.5, 0.6) is 0 Å². The Morgan fingerprint density at radius 2 is 2.12 bits per heavy atom. The maximum Gasteiger partial charge on any atom is 0.248 e. The summed E-state index contributed by atoms with van der Waals surface area (Å²) >= 11 is 6.37. The lowest BCUT2D eigenvalue weighted by Gasteiger charge is -2.37. The first kappa shape index (κ1) is 17.6. The van der Waals surface area contributed by atoms with E-state index in [1.807, 2.05) is 18.2 Å². The lowest BCUT2D eigenvalue weighted by Crippen LogP contribution is -2.50. The average molecular weight is 362 g/mol. The van der Waals surface area contributed by atoms with Crippen molar-refractivity contribution in [3.8, 4) is 0 Å². The Balaban J connectivity index is 1.93. The first-order valence-corrected chi connectivity index (χ1v) is 8.55. The molecule has 2 heterocycles. The number of amides is 1. The number of fused-ring (bicyclic) bond motifs is 1. The van der Waals surface area contributed by atoms with Gasteiger partial charge in [0.1, 0.15) is 12.9 Å². The van der Waals surface area contributed by atoms with Gasteiger partial charge in [-0.3, -0.25) is 9.78 Å². The molecule has 0 spiro atoms. The maximum absolute atomic E-state index is 12.0. The zero-order chi connectivity index (χ0) is 17.8. The molecule has 1 saturated heterocycles. The molecule has 3 rings (SSSR count). The Morgan fingerprint density at radius 1 is 1.36 bits per heavy atom. The second kappa shape index (κ2) is 7.80. The molecular formula is C18H20ClN3O3. The number of carbonyl (C=O) groups is 2. The third kappa shape index (κ3) is 3.60. The van der Waals surface area contributed by atoms with Crippen LogP contribution >= 0.6 is 11.6 Å². The molecule has 0 N–H and O–H groups in total. The second-order valence-electron chi connectivity index (χ2n) is 5.94. The van der Waals surface area contributed by atoms with Crippen LogP contribution in [0.4, 0.5) is 5.69 Å². The third-order valence-electron chi connectivity index (χ3n) is 4.41.